The lowest BCUT2D eigenvalue weighted by Gasteiger charge is -2.30. The van der Waals surface area contributed by atoms with Crippen LogP contribution in [0.4, 0.5) is 5.00 Å². The maximum absolute atomic E-state index is 12.4. The van der Waals surface area contributed by atoms with Crippen LogP contribution in [0.5, 0.6) is 0 Å². The number of amides is 2. The van der Waals surface area contributed by atoms with Crippen LogP contribution in [-0.2, 0) is 23.9 Å². The van der Waals surface area contributed by atoms with Crippen molar-refractivity contribution >= 4 is 46.2 Å². The van der Waals surface area contributed by atoms with E-state index in [1.54, 1.807) is 17.9 Å². The van der Waals surface area contributed by atoms with Gasteiger partial charge in [0.25, 0.3) is 5.91 Å². The molecule has 0 radical (unpaired) electrons. The number of piperidine rings is 1. The second kappa shape index (κ2) is 11.6. The lowest BCUT2D eigenvalue weighted by atomic mass is 9.97. The number of carbonyl (C=O) groups is 4. The first-order chi connectivity index (χ1) is 16.3. The van der Waals surface area contributed by atoms with Crippen molar-refractivity contribution in [1.82, 2.24) is 4.90 Å². The minimum Gasteiger partial charge on any atom is -0.465 e. The van der Waals surface area contributed by atoms with Gasteiger partial charge in [-0.3, -0.25) is 14.4 Å². The highest BCUT2D eigenvalue weighted by Gasteiger charge is 2.28. The van der Waals surface area contributed by atoms with E-state index in [1.165, 1.54) is 24.5 Å². The number of methoxy groups -OCH3 is 1. The number of hydrogen-bond acceptors (Lipinski definition) is 7. The predicted octanol–water partition coefficient (Wildman–Crippen LogP) is 3.59. The maximum Gasteiger partial charge on any atom is 0.341 e. The van der Waals surface area contributed by atoms with Gasteiger partial charge in [0.1, 0.15) is 5.00 Å². The summed E-state index contributed by atoms with van der Waals surface area (Å²) in [7, 11) is 1.28. The third-order valence-corrected chi connectivity index (χ3v) is 6.85. The summed E-state index contributed by atoms with van der Waals surface area (Å²) in [5.74, 6) is -1.99. The van der Waals surface area contributed by atoms with Crippen LogP contribution in [0.25, 0.3) is 6.08 Å². The number of aryl methyl sites for hydroxylation is 1. The molecule has 2 amide bonds. The van der Waals surface area contributed by atoms with Crippen LogP contribution in [-0.4, -0.2) is 55.5 Å². The van der Waals surface area contributed by atoms with E-state index in [9.17, 15) is 19.2 Å². The molecule has 1 aliphatic rings. The molecule has 0 unspecified atom stereocenters. The summed E-state index contributed by atoms with van der Waals surface area (Å²) in [6, 6.07) is 9.55. The highest BCUT2D eigenvalue weighted by molar-refractivity contribution is 7.16. The van der Waals surface area contributed by atoms with Gasteiger partial charge in [0.15, 0.2) is 6.61 Å². The number of rotatable bonds is 7. The zero-order valence-corrected chi connectivity index (χ0v) is 20.3. The van der Waals surface area contributed by atoms with Crippen molar-refractivity contribution in [3.8, 4) is 0 Å². The van der Waals surface area contributed by atoms with E-state index in [0.717, 1.165) is 16.0 Å². The van der Waals surface area contributed by atoms with E-state index in [4.69, 9.17) is 9.47 Å². The first kappa shape index (κ1) is 25.2. The summed E-state index contributed by atoms with van der Waals surface area (Å²) >= 11 is 1.26. The monoisotopic (exact) mass is 484 g/mol. The fourth-order valence-corrected chi connectivity index (χ4v) is 4.72. The lowest BCUT2D eigenvalue weighted by molar-refractivity contribution is -0.153. The van der Waals surface area contributed by atoms with Crippen LogP contribution < -0.4 is 5.32 Å². The summed E-state index contributed by atoms with van der Waals surface area (Å²) in [5, 5.41) is 3.01. The average molecular weight is 485 g/mol. The Hall–Kier alpha value is -3.46. The summed E-state index contributed by atoms with van der Waals surface area (Å²) in [6.45, 7) is 4.06. The molecule has 1 aromatic heterocycles. The van der Waals surface area contributed by atoms with Gasteiger partial charge in [0.2, 0.25) is 5.91 Å². The second-order valence-corrected chi connectivity index (χ2v) is 9.20. The molecule has 1 fully saturated rings. The van der Waals surface area contributed by atoms with Gasteiger partial charge in [-0.1, -0.05) is 30.3 Å². The van der Waals surface area contributed by atoms with E-state index in [2.05, 4.69) is 5.32 Å². The van der Waals surface area contributed by atoms with E-state index < -0.39 is 24.5 Å². The molecule has 1 aromatic carbocycles. The quantitative estimate of drug-likeness (QED) is 0.476. The van der Waals surface area contributed by atoms with Crippen LogP contribution >= 0.6 is 11.3 Å². The van der Waals surface area contributed by atoms with Crippen LogP contribution in [0.15, 0.2) is 36.4 Å². The Bertz CT molecular complexity index is 1080. The molecule has 0 saturated carbocycles. The average Bonchev–Trinajstić information content (AvgIpc) is 3.13. The minimum atomic E-state index is -0.533. The Morgan fingerprint density at radius 3 is 2.44 bits per heavy atom. The van der Waals surface area contributed by atoms with Crippen LogP contribution in [0.2, 0.25) is 0 Å². The number of benzene rings is 1. The molecule has 0 bridgehead atoms. The van der Waals surface area contributed by atoms with Gasteiger partial charge < -0.3 is 19.7 Å². The van der Waals surface area contributed by atoms with Crippen molar-refractivity contribution in [2.24, 2.45) is 5.92 Å². The molecular weight excluding hydrogens is 456 g/mol. The molecule has 3 rings (SSSR count). The van der Waals surface area contributed by atoms with Gasteiger partial charge in [0, 0.05) is 24.0 Å². The number of thiophene rings is 1. The number of anilines is 1. The summed E-state index contributed by atoms with van der Waals surface area (Å²) < 4.78 is 9.99. The minimum absolute atomic E-state index is 0.0991. The molecule has 0 spiro atoms. The largest absolute Gasteiger partial charge is 0.465 e. The second-order valence-electron chi connectivity index (χ2n) is 7.98. The van der Waals surface area contributed by atoms with E-state index in [1.807, 2.05) is 37.3 Å². The fourth-order valence-electron chi connectivity index (χ4n) is 3.65. The third-order valence-electron chi connectivity index (χ3n) is 5.73. The fraction of sp³-hybridized carbons (Fsp3) is 0.360. The van der Waals surface area contributed by atoms with Gasteiger partial charge in [-0.25, -0.2) is 4.79 Å². The zero-order chi connectivity index (χ0) is 24.7. The maximum atomic E-state index is 12.4. The van der Waals surface area contributed by atoms with Crippen LogP contribution in [0.1, 0.15) is 39.2 Å². The molecule has 1 N–H and O–H groups in total. The van der Waals surface area contributed by atoms with E-state index in [0.29, 0.717) is 36.5 Å². The predicted molar refractivity (Wildman–Crippen MR) is 130 cm³/mol. The van der Waals surface area contributed by atoms with Crippen molar-refractivity contribution in [3.05, 3.63) is 58.0 Å². The molecule has 2 heterocycles. The Labute approximate surface area is 202 Å². The summed E-state index contributed by atoms with van der Waals surface area (Å²) in [5.41, 5.74) is 1.99. The molecular formula is C25H28N2O6S. The Morgan fingerprint density at radius 2 is 1.79 bits per heavy atom. The standard InChI is InChI=1S/C25H28N2O6S/c1-16-17(2)34-23(22(16)25(31)32-3)26-20(28)15-33-24(30)19-11-13-27(14-12-19)21(29)10-9-18-7-5-4-6-8-18/h4-10,19H,11-15H2,1-3H3,(H,26,28)/b10-9+. The zero-order valence-electron chi connectivity index (χ0n) is 19.5. The Morgan fingerprint density at radius 1 is 1.12 bits per heavy atom. The molecule has 0 atom stereocenters. The van der Waals surface area contributed by atoms with Gasteiger partial charge in [-0.15, -0.1) is 11.3 Å². The Balaban J connectivity index is 1.45. The summed E-state index contributed by atoms with van der Waals surface area (Å²) in [4.78, 5) is 51.8. The molecule has 180 valence electrons. The SMILES string of the molecule is COC(=O)c1c(NC(=O)COC(=O)C2CCN(C(=O)/C=C/c3ccccc3)CC2)sc(C)c1C. The smallest absolute Gasteiger partial charge is 0.341 e. The highest BCUT2D eigenvalue weighted by atomic mass is 32.1. The number of carbonyl (C=O) groups excluding carboxylic acids is 4. The van der Waals surface area contributed by atoms with Gasteiger partial charge >= 0.3 is 11.9 Å². The van der Waals surface area contributed by atoms with Crippen molar-refractivity contribution in [2.45, 2.75) is 26.7 Å². The lowest BCUT2D eigenvalue weighted by Crippen LogP contribution is -2.40. The Kier molecular flexibility index (Phi) is 8.59. The first-order valence-corrected chi connectivity index (χ1v) is 11.8. The van der Waals surface area contributed by atoms with Crippen LogP contribution in [0, 0.1) is 19.8 Å². The molecule has 9 heteroatoms. The molecule has 0 aliphatic carbocycles. The molecule has 34 heavy (non-hydrogen) atoms. The van der Waals surface area contributed by atoms with Crippen molar-refractivity contribution in [3.63, 3.8) is 0 Å². The summed E-state index contributed by atoms with van der Waals surface area (Å²) in [6.07, 6.45) is 4.25. The number of likely N-dealkylation sites (tertiary alicyclic amines) is 1. The number of esters is 2. The van der Waals surface area contributed by atoms with E-state index in [-0.39, 0.29) is 11.8 Å². The number of hydrogen-bond donors (Lipinski definition) is 1. The van der Waals surface area contributed by atoms with Gasteiger partial charge in [-0.2, -0.15) is 0 Å². The highest BCUT2D eigenvalue weighted by Crippen LogP contribution is 2.33. The number of ether oxygens (including phenoxy) is 2. The van der Waals surface area contributed by atoms with Gasteiger partial charge in [-0.05, 0) is 43.9 Å². The van der Waals surface area contributed by atoms with Crippen LogP contribution in [0.3, 0.4) is 0 Å². The third kappa shape index (κ3) is 6.32. The molecule has 1 aliphatic heterocycles. The van der Waals surface area contributed by atoms with Crippen molar-refractivity contribution < 1.29 is 28.7 Å². The number of nitrogens with zero attached hydrogens (tertiary/aromatic N) is 1. The van der Waals surface area contributed by atoms with Gasteiger partial charge in [0.05, 0.1) is 18.6 Å². The van der Waals surface area contributed by atoms with Crippen molar-refractivity contribution in [1.29, 1.82) is 0 Å². The van der Waals surface area contributed by atoms with E-state index >= 15 is 0 Å². The number of nitrogens with one attached hydrogen (secondary N) is 1. The topological polar surface area (TPSA) is 102 Å². The normalized spacial score (nSPS) is 14.1. The first-order valence-electron chi connectivity index (χ1n) is 11.0. The molecule has 1 saturated heterocycles. The molecule has 8 nitrogen and oxygen atoms in total. The molecule has 2 aromatic rings. The van der Waals surface area contributed by atoms with Crippen molar-refractivity contribution in [2.75, 3.05) is 32.1 Å².